The lowest BCUT2D eigenvalue weighted by Gasteiger charge is -2.31. The van der Waals surface area contributed by atoms with Crippen molar-refractivity contribution < 1.29 is 9.53 Å². The van der Waals surface area contributed by atoms with Gasteiger partial charge in [0.1, 0.15) is 18.8 Å². The molecule has 31 heavy (non-hydrogen) atoms. The van der Waals surface area contributed by atoms with Crippen LogP contribution >= 0.6 is 0 Å². The number of amides is 1. The molecule has 0 bridgehead atoms. The monoisotopic (exact) mass is 420 g/mol. The maximum absolute atomic E-state index is 12.7. The average Bonchev–Trinajstić information content (AvgIpc) is 3.35. The van der Waals surface area contributed by atoms with Gasteiger partial charge in [-0.1, -0.05) is 24.3 Å². The summed E-state index contributed by atoms with van der Waals surface area (Å²) in [4.78, 5) is 29.0. The third kappa shape index (κ3) is 4.13. The van der Waals surface area contributed by atoms with E-state index >= 15 is 0 Å². The van der Waals surface area contributed by atoms with Gasteiger partial charge in [0.2, 0.25) is 5.91 Å². The van der Waals surface area contributed by atoms with Gasteiger partial charge in [-0.15, -0.1) is 5.10 Å². The van der Waals surface area contributed by atoms with Crippen molar-refractivity contribution in [2.45, 2.75) is 56.9 Å². The summed E-state index contributed by atoms with van der Waals surface area (Å²) in [6, 6.07) is 11.3. The topological polar surface area (TPSA) is 104 Å². The van der Waals surface area contributed by atoms with Gasteiger partial charge in [0, 0.05) is 18.5 Å². The van der Waals surface area contributed by atoms with Gasteiger partial charge in [0.25, 0.3) is 5.56 Å². The normalized spacial score (nSPS) is 23.2. The molecule has 3 aromatic rings. The number of nitrogens with one attached hydrogen (secondary N) is 1. The Morgan fingerprint density at radius 1 is 1.06 bits per heavy atom. The highest BCUT2D eigenvalue weighted by atomic mass is 16.5. The SMILES string of the molecule is O=C(NC1CCC(n2nc(-n3cncn3)ccc2=O)CC1)C1Cc2ccccc2CO1. The van der Waals surface area contributed by atoms with Crippen LogP contribution in [0.1, 0.15) is 42.9 Å². The molecule has 0 saturated heterocycles. The van der Waals surface area contributed by atoms with Crippen molar-refractivity contribution in [3.05, 3.63) is 70.5 Å². The van der Waals surface area contributed by atoms with Crippen LogP contribution in [-0.4, -0.2) is 42.6 Å². The van der Waals surface area contributed by atoms with Crippen LogP contribution in [0.3, 0.4) is 0 Å². The second kappa shape index (κ2) is 8.43. The van der Waals surface area contributed by atoms with Crippen molar-refractivity contribution in [2.75, 3.05) is 0 Å². The fourth-order valence-electron chi connectivity index (χ4n) is 4.40. The Morgan fingerprint density at radius 3 is 2.65 bits per heavy atom. The third-order valence-corrected chi connectivity index (χ3v) is 6.11. The van der Waals surface area contributed by atoms with Crippen molar-refractivity contribution in [3.63, 3.8) is 0 Å². The predicted molar refractivity (Wildman–Crippen MR) is 112 cm³/mol. The fourth-order valence-corrected chi connectivity index (χ4v) is 4.40. The molecule has 1 atom stereocenters. The lowest BCUT2D eigenvalue weighted by atomic mass is 9.90. The Bertz CT molecular complexity index is 1120. The first-order valence-corrected chi connectivity index (χ1v) is 10.6. The zero-order valence-electron chi connectivity index (χ0n) is 17.1. The minimum atomic E-state index is -0.448. The van der Waals surface area contributed by atoms with Crippen LogP contribution in [0.4, 0.5) is 0 Å². The summed E-state index contributed by atoms with van der Waals surface area (Å²) in [5.41, 5.74) is 2.19. The van der Waals surface area contributed by atoms with E-state index in [0.717, 1.165) is 31.2 Å². The number of carbonyl (C=O) groups excluding carboxylic acids is 1. The number of nitrogens with zero attached hydrogens (tertiary/aromatic N) is 5. The lowest BCUT2D eigenvalue weighted by molar-refractivity contribution is -0.135. The first kappa shape index (κ1) is 19.6. The van der Waals surface area contributed by atoms with Crippen molar-refractivity contribution in [1.29, 1.82) is 0 Å². The molecule has 1 fully saturated rings. The van der Waals surface area contributed by atoms with Crippen LogP contribution in [0.25, 0.3) is 5.82 Å². The second-order valence-electron chi connectivity index (χ2n) is 8.10. The summed E-state index contributed by atoms with van der Waals surface area (Å²) in [5, 5.41) is 11.7. The zero-order valence-corrected chi connectivity index (χ0v) is 17.1. The molecular weight excluding hydrogens is 396 g/mol. The molecule has 5 rings (SSSR count). The Hall–Kier alpha value is -3.33. The molecule has 1 amide bonds. The van der Waals surface area contributed by atoms with E-state index < -0.39 is 6.10 Å². The van der Waals surface area contributed by atoms with E-state index in [1.807, 2.05) is 18.2 Å². The average molecular weight is 420 g/mol. The Morgan fingerprint density at radius 2 is 1.87 bits per heavy atom. The number of fused-ring (bicyclic) bond motifs is 1. The molecule has 160 valence electrons. The number of hydrogen-bond acceptors (Lipinski definition) is 6. The molecule has 9 nitrogen and oxygen atoms in total. The van der Waals surface area contributed by atoms with E-state index in [-0.39, 0.29) is 23.6 Å². The maximum atomic E-state index is 12.7. The van der Waals surface area contributed by atoms with Gasteiger partial charge in [0.05, 0.1) is 12.6 Å². The Labute approximate surface area is 179 Å². The van der Waals surface area contributed by atoms with E-state index in [4.69, 9.17) is 4.74 Å². The number of benzene rings is 1. The summed E-state index contributed by atoms with van der Waals surface area (Å²) in [6.45, 7) is 0.470. The minimum absolute atomic E-state index is 0.00179. The number of carbonyl (C=O) groups is 1. The maximum Gasteiger partial charge on any atom is 0.267 e. The van der Waals surface area contributed by atoms with Crippen LogP contribution < -0.4 is 10.9 Å². The van der Waals surface area contributed by atoms with Gasteiger partial charge in [-0.3, -0.25) is 9.59 Å². The predicted octanol–water partition coefficient (Wildman–Crippen LogP) is 1.57. The molecule has 1 aromatic carbocycles. The Kier molecular flexibility index (Phi) is 5.33. The quantitative estimate of drug-likeness (QED) is 0.687. The highest BCUT2D eigenvalue weighted by molar-refractivity contribution is 5.81. The number of ether oxygens (including phenoxy) is 1. The fraction of sp³-hybridized carbons (Fsp3) is 0.409. The minimum Gasteiger partial charge on any atom is -0.363 e. The largest absolute Gasteiger partial charge is 0.363 e. The van der Waals surface area contributed by atoms with Gasteiger partial charge in [-0.25, -0.2) is 14.3 Å². The summed E-state index contributed by atoms with van der Waals surface area (Å²) in [5.74, 6) is 0.503. The van der Waals surface area contributed by atoms with E-state index in [2.05, 4.69) is 26.6 Å². The van der Waals surface area contributed by atoms with Crippen LogP contribution in [-0.2, 0) is 22.6 Å². The van der Waals surface area contributed by atoms with Crippen LogP contribution in [0, 0.1) is 0 Å². The molecule has 0 spiro atoms. The van der Waals surface area contributed by atoms with Crippen molar-refractivity contribution in [2.24, 2.45) is 0 Å². The van der Waals surface area contributed by atoms with Crippen molar-refractivity contribution in [1.82, 2.24) is 29.9 Å². The Balaban J connectivity index is 1.19. The van der Waals surface area contributed by atoms with Gasteiger partial charge in [-0.2, -0.15) is 5.10 Å². The van der Waals surface area contributed by atoms with Gasteiger partial charge < -0.3 is 10.1 Å². The van der Waals surface area contributed by atoms with E-state index in [0.29, 0.717) is 18.8 Å². The lowest BCUT2D eigenvalue weighted by Crippen LogP contribution is -2.46. The van der Waals surface area contributed by atoms with Crippen LogP contribution in [0.2, 0.25) is 0 Å². The summed E-state index contributed by atoms with van der Waals surface area (Å²) < 4.78 is 8.85. The molecule has 0 radical (unpaired) electrons. The highest BCUT2D eigenvalue weighted by Gasteiger charge is 2.29. The highest BCUT2D eigenvalue weighted by Crippen LogP contribution is 2.28. The molecule has 1 saturated carbocycles. The van der Waals surface area contributed by atoms with E-state index in [1.54, 1.807) is 12.4 Å². The zero-order chi connectivity index (χ0) is 21.2. The van der Waals surface area contributed by atoms with Gasteiger partial charge in [0.15, 0.2) is 5.82 Å². The number of rotatable bonds is 4. The molecule has 1 aliphatic heterocycles. The van der Waals surface area contributed by atoms with Gasteiger partial charge in [-0.05, 0) is 42.9 Å². The second-order valence-corrected chi connectivity index (χ2v) is 8.10. The molecule has 3 heterocycles. The van der Waals surface area contributed by atoms with Crippen LogP contribution in [0.5, 0.6) is 0 Å². The molecule has 1 aliphatic carbocycles. The molecular formula is C22H24N6O3. The third-order valence-electron chi connectivity index (χ3n) is 6.11. The number of aromatic nitrogens is 5. The molecule has 1 N–H and O–H groups in total. The summed E-state index contributed by atoms with van der Waals surface area (Å²) in [7, 11) is 0. The number of hydrogen-bond donors (Lipinski definition) is 1. The van der Waals surface area contributed by atoms with Gasteiger partial charge >= 0.3 is 0 Å². The standard InChI is InChI=1S/C22H24N6O3/c29-21-10-9-20(27-14-23-13-24-27)26-28(21)18-7-5-17(6-8-18)25-22(30)19-11-15-3-1-2-4-16(15)12-31-19/h1-4,9-10,13-14,17-19H,5-8,11-12H2,(H,25,30). The molecule has 1 unspecified atom stereocenters. The van der Waals surface area contributed by atoms with Crippen molar-refractivity contribution in [3.8, 4) is 5.82 Å². The first-order chi connectivity index (χ1) is 15.2. The smallest absolute Gasteiger partial charge is 0.267 e. The molecule has 2 aromatic heterocycles. The van der Waals surface area contributed by atoms with Crippen molar-refractivity contribution >= 4 is 5.91 Å². The first-order valence-electron chi connectivity index (χ1n) is 10.6. The molecule has 2 aliphatic rings. The van der Waals surface area contributed by atoms with E-state index in [1.165, 1.54) is 27.3 Å². The summed E-state index contributed by atoms with van der Waals surface area (Å²) >= 11 is 0. The van der Waals surface area contributed by atoms with E-state index in [9.17, 15) is 9.59 Å². The molecule has 9 heteroatoms. The summed E-state index contributed by atoms with van der Waals surface area (Å²) in [6.07, 6.45) is 6.26. The van der Waals surface area contributed by atoms with Crippen LogP contribution in [0.15, 0.2) is 53.8 Å².